The van der Waals surface area contributed by atoms with Crippen LogP contribution in [0.2, 0.25) is 0 Å². The first-order valence-corrected chi connectivity index (χ1v) is 7.09. The number of hydrogen-bond acceptors (Lipinski definition) is 5. The van der Waals surface area contributed by atoms with Crippen molar-refractivity contribution < 1.29 is 9.53 Å². The molecular weight excluding hydrogens is 270 g/mol. The van der Waals surface area contributed by atoms with Crippen LogP contribution in [0.4, 0.5) is 0 Å². The van der Waals surface area contributed by atoms with Gasteiger partial charge in [-0.25, -0.2) is 0 Å². The van der Waals surface area contributed by atoms with Crippen molar-refractivity contribution in [3.05, 3.63) is 17.8 Å². The van der Waals surface area contributed by atoms with Crippen LogP contribution in [0.1, 0.15) is 36.0 Å². The molecule has 2 aromatic heterocycles. The molecule has 1 fully saturated rings. The summed E-state index contributed by atoms with van der Waals surface area (Å²) in [6.07, 6.45) is 5.25. The van der Waals surface area contributed by atoms with E-state index in [9.17, 15) is 4.79 Å². The summed E-state index contributed by atoms with van der Waals surface area (Å²) in [6, 6.07) is 1.93. The van der Waals surface area contributed by atoms with E-state index in [1.165, 1.54) is 0 Å². The average Bonchev–Trinajstić information content (AvgIpc) is 2.81. The Morgan fingerprint density at radius 3 is 2.76 bits per heavy atom. The van der Waals surface area contributed by atoms with Crippen molar-refractivity contribution in [2.45, 2.75) is 37.8 Å². The minimum atomic E-state index is -0.546. The highest BCUT2D eigenvalue weighted by Crippen LogP contribution is 2.26. The first kappa shape index (κ1) is 13.8. The van der Waals surface area contributed by atoms with Gasteiger partial charge < -0.3 is 16.2 Å². The fourth-order valence-electron chi connectivity index (χ4n) is 2.69. The number of pyridine rings is 1. The predicted molar refractivity (Wildman–Crippen MR) is 77.9 cm³/mol. The van der Waals surface area contributed by atoms with Crippen molar-refractivity contribution in [1.29, 1.82) is 0 Å². The predicted octanol–water partition coefficient (Wildman–Crippen LogP) is 0.716. The number of hydrogen-bond donors (Lipinski definition) is 2. The van der Waals surface area contributed by atoms with E-state index >= 15 is 0 Å². The van der Waals surface area contributed by atoms with E-state index < -0.39 is 5.91 Å². The molecule has 0 radical (unpaired) electrons. The zero-order chi connectivity index (χ0) is 15.0. The van der Waals surface area contributed by atoms with Crippen LogP contribution in [-0.2, 0) is 7.05 Å². The van der Waals surface area contributed by atoms with Gasteiger partial charge in [0, 0.05) is 18.5 Å². The van der Waals surface area contributed by atoms with E-state index in [1.54, 1.807) is 24.0 Å². The number of nitrogens with zero attached hydrogens (tertiary/aromatic N) is 3. The highest BCUT2D eigenvalue weighted by atomic mass is 16.5. The first-order chi connectivity index (χ1) is 10.0. The van der Waals surface area contributed by atoms with Crippen LogP contribution in [0.15, 0.2) is 12.3 Å². The summed E-state index contributed by atoms with van der Waals surface area (Å²) >= 11 is 0. The van der Waals surface area contributed by atoms with E-state index in [4.69, 9.17) is 16.2 Å². The van der Waals surface area contributed by atoms with Gasteiger partial charge in [-0.1, -0.05) is 0 Å². The van der Waals surface area contributed by atoms with Crippen LogP contribution in [0.5, 0.6) is 5.88 Å². The normalized spacial score (nSPS) is 22.4. The van der Waals surface area contributed by atoms with Crippen LogP contribution in [0.25, 0.3) is 11.0 Å². The lowest BCUT2D eigenvalue weighted by Crippen LogP contribution is -2.32. The Morgan fingerprint density at radius 1 is 1.38 bits per heavy atom. The van der Waals surface area contributed by atoms with Gasteiger partial charge >= 0.3 is 0 Å². The minimum absolute atomic E-state index is 0.0288. The molecule has 21 heavy (non-hydrogen) atoms. The molecule has 0 saturated heterocycles. The number of carbonyl (C=O) groups is 1. The monoisotopic (exact) mass is 289 g/mol. The second-order valence-corrected chi connectivity index (χ2v) is 5.54. The van der Waals surface area contributed by atoms with Crippen LogP contribution >= 0.6 is 0 Å². The molecule has 3 rings (SSSR count). The van der Waals surface area contributed by atoms with Gasteiger partial charge in [0.1, 0.15) is 11.7 Å². The van der Waals surface area contributed by atoms with E-state index in [-0.39, 0.29) is 12.1 Å². The molecule has 0 aliphatic heterocycles. The zero-order valence-electron chi connectivity index (χ0n) is 12.0. The number of carbonyl (C=O) groups excluding carboxylic acids is 1. The second kappa shape index (κ2) is 5.33. The number of fused-ring (bicyclic) bond motifs is 1. The number of nitrogens with two attached hydrogens (primary N) is 2. The Bertz CT molecular complexity index is 673. The number of rotatable bonds is 3. The molecule has 4 N–H and O–H groups in total. The van der Waals surface area contributed by atoms with Gasteiger partial charge in [0.05, 0.1) is 6.20 Å². The largest absolute Gasteiger partial charge is 0.474 e. The molecule has 7 heteroatoms. The molecule has 7 nitrogen and oxygen atoms in total. The molecule has 1 amide bonds. The number of aryl methyl sites for hydroxylation is 1. The number of aromatic nitrogens is 3. The third-order valence-corrected chi connectivity index (χ3v) is 3.94. The summed E-state index contributed by atoms with van der Waals surface area (Å²) in [6.45, 7) is 0. The standard InChI is InChI=1S/C14H19N5O2/c1-19-13-8(7-17-19)6-11(12(16)20)14(18-13)21-10-4-2-9(15)3-5-10/h6-7,9-10H,2-5,15H2,1H3,(H2,16,20). The van der Waals surface area contributed by atoms with Crippen LogP contribution in [-0.4, -0.2) is 32.8 Å². The summed E-state index contributed by atoms with van der Waals surface area (Å²) in [4.78, 5) is 16.0. The molecule has 0 aromatic carbocycles. The van der Waals surface area contributed by atoms with Gasteiger partial charge in [-0.3, -0.25) is 9.48 Å². The van der Waals surface area contributed by atoms with Crippen molar-refractivity contribution in [2.75, 3.05) is 0 Å². The molecule has 2 aromatic rings. The van der Waals surface area contributed by atoms with Crippen molar-refractivity contribution in [3.8, 4) is 5.88 Å². The highest BCUT2D eigenvalue weighted by molar-refractivity contribution is 5.98. The molecule has 0 atom stereocenters. The first-order valence-electron chi connectivity index (χ1n) is 7.09. The Kier molecular flexibility index (Phi) is 3.50. The van der Waals surface area contributed by atoms with Crippen LogP contribution < -0.4 is 16.2 Å². The van der Waals surface area contributed by atoms with E-state index in [2.05, 4.69) is 10.1 Å². The highest BCUT2D eigenvalue weighted by Gasteiger charge is 2.23. The van der Waals surface area contributed by atoms with Crippen molar-refractivity contribution >= 4 is 16.9 Å². The van der Waals surface area contributed by atoms with Gasteiger partial charge in [-0.05, 0) is 31.7 Å². The summed E-state index contributed by atoms with van der Waals surface area (Å²) in [5.41, 5.74) is 12.3. The molecule has 0 unspecified atom stereocenters. The molecule has 112 valence electrons. The van der Waals surface area contributed by atoms with E-state index in [1.807, 2.05) is 0 Å². The smallest absolute Gasteiger partial charge is 0.254 e. The topological polar surface area (TPSA) is 109 Å². The fraction of sp³-hybridized carbons (Fsp3) is 0.500. The molecule has 0 bridgehead atoms. The maximum atomic E-state index is 11.6. The van der Waals surface area contributed by atoms with E-state index in [0.717, 1.165) is 31.1 Å². The van der Waals surface area contributed by atoms with Crippen LogP contribution in [0.3, 0.4) is 0 Å². The molecule has 1 aliphatic carbocycles. The SMILES string of the molecule is Cn1ncc2cc(C(N)=O)c(OC3CCC(N)CC3)nc21. The summed E-state index contributed by atoms with van der Waals surface area (Å²) in [5, 5.41) is 4.89. The fourth-order valence-corrected chi connectivity index (χ4v) is 2.69. The maximum absolute atomic E-state index is 11.6. The van der Waals surface area contributed by atoms with E-state index in [0.29, 0.717) is 17.1 Å². The van der Waals surface area contributed by atoms with Gasteiger partial charge in [0.25, 0.3) is 5.91 Å². The Balaban J connectivity index is 1.93. The van der Waals surface area contributed by atoms with Crippen molar-refractivity contribution in [3.63, 3.8) is 0 Å². The zero-order valence-corrected chi connectivity index (χ0v) is 12.0. The lowest BCUT2D eigenvalue weighted by molar-refractivity contribution is 0.0983. The van der Waals surface area contributed by atoms with Crippen molar-refractivity contribution in [2.24, 2.45) is 18.5 Å². The Hall–Kier alpha value is -2.15. The second-order valence-electron chi connectivity index (χ2n) is 5.54. The molecule has 2 heterocycles. The summed E-state index contributed by atoms with van der Waals surface area (Å²) in [5.74, 6) is -0.255. The maximum Gasteiger partial charge on any atom is 0.254 e. The molecule has 0 spiro atoms. The third-order valence-electron chi connectivity index (χ3n) is 3.94. The Morgan fingerprint density at radius 2 is 2.10 bits per heavy atom. The van der Waals surface area contributed by atoms with Gasteiger partial charge in [0.2, 0.25) is 5.88 Å². The number of amides is 1. The quantitative estimate of drug-likeness (QED) is 0.865. The summed E-state index contributed by atoms with van der Waals surface area (Å²) < 4.78 is 7.56. The lowest BCUT2D eigenvalue weighted by atomic mass is 9.94. The lowest BCUT2D eigenvalue weighted by Gasteiger charge is -2.26. The summed E-state index contributed by atoms with van der Waals surface area (Å²) in [7, 11) is 1.79. The van der Waals surface area contributed by atoms with Crippen LogP contribution in [0, 0.1) is 0 Å². The molecule has 1 saturated carbocycles. The van der Waals surface area contributed by atoms with Gasteiger partial charge in [0.15, 0.2) is 5.65 Å². The average molecular weight is 289 g/mol. The molecular formula is C14H19N5O2. The minimum Gasteiger partial charge on any atom is -0.474 e. The molecule has 1 aliphatic rings. The third kappa shape index (κ3) is 2.69. The number of ether oxygens (including phenoxy) is 1. The number of primary amides is 1. The van der Waals surface area contributed by atoms with Gasteiger partial charge in [-0.2, -0.15) is 10.1 Å². The van der Waals surface area contributed by atoms with Gasteiger partial charge in [-0.15, -0.1) is 0 Å². The Labute approximate surface area is 122 Å². The van der Waals surface area contributed by atoms with Crippen molar-refractivity contribution in [1.82, 2.24) is 14.8 Å².